The van der Waals surface area contributed by atoms with Crippen molar-refractivity contribution in [2.24, 2.45) is 7.05 Å². The van der Waals surface area contributed by atoms with Crippen molar-refractivity contribution < 1.29 is 9.59 Å². The van der Waals surface area contributed by atoms with Crippen LogP contribution >= 0.6 is 11.3 Å². The maximum Gasteiger partial charge on any atom is 0.274 e. The first kappa shape index (κ1) is 15.2. The highest BCUT2D eigenvalue weighted by molar-refractivity contribution is 7.16. The van der Waals surface area contributed by atoms with E-state index in [9.17, 15) is 14.9 Å². The van der Waals surface area contributed by atoms with E-state index in [1.807, 2.05) is 0 Å². The molecule has 3 heterocycles. The Morgan fingerprint density at radius 1 is 1.48 bits per heavy atom. The Hall–Kier alpha value is -2.66. The van der Waals surface area contributed by atoms with E-state index in [2.05, 4.69) is 16.5 Å². The number of carbonyl (C=O) groups excluding carboxylic acids is 2. The van der Waals surface area contributed by atoms with Crippen molar-refractivity contribution in [2.75, 3.05) is 11.9 Å². The molecule has 1 aliphatic rings. The Kier molecular flexibility index (Phi) is 3.88. The summed E-state index contributed by atoms with van der Waals surface area (Å²) in [6, 6.07) is 3.80. The highest BCUT2D eigenvalue weighted by Gasteiger charge is 2.26. The number of thiophene rings is 1. The van der Waals surface area contributed by atoms with Gasteiger partial charge in [0.1, 0.15) is 16.8 Å². The van der Waals surface area contributed by atoms with Gasteiger partial charge in [-0.2, -0.15) is 10.4 Å². The van der Waals surface area contributed by atoms with E-state index >= 15 is 0 Å². The molecule has 0 saturated carbocycles. The summed E-state index contributed by atoms with van der Waals surface area (Å²) in [5.41, 5.74) is 1.87. The second-order valence-electron chi connectivity index (χ2n) is 5.30. The maximum absolute atomic E-state index is 12.3. The molecule has 23 heavy (non-hydrogen) atoms. The molecule has 2 aromatic heterocycles. The van der Waals surface area contributed by atoms with Gasteiger partial charge in [-0.15, -0.1) is 11.3 Å². The molecule has 0 aromatic carbocycles. The van der Waals surface area contributed by atoms with Gasteiger partial charge >= 0.3 is 0 Å². The number of nitriles is 1. The highest BCUT2D eigenvalue weighted by atomic mass is 32.1. The van der Waals surface area contributed by atoms with Crippen LogP contribution < -0.4 is 5.32 Å². The normalized spacial score (nSPS) is 13.3. The molecular weight excluding hydrogens is 314 g/mol. The predicted molar refractivity (Wildman–Crippen MR) is 85.0 cm³/mol. The fourth-order valence-electron chi connectivity index (χ4n) is 2.64. The summed E-state index contributed by atoms with van der Waals surface area (Å²) >= 11 is 1.36. The molecular formula is C15H15N5O2S. The lowest BCUT2D eigenvalue weighted by atomic mass is 10.0. The number of amides is 2. The van der Waals surface area contributed by atoms with Gasteiger partial charge in [-0.3, -0.25) is 14.3 Å². The largest absolute Gasteiger partial charge is 0.337 e. The van der Waals surface area contributed by atoms with E-state index in [0.29, 0.717) is 35.8 Å². The van der Waals surface area contributed by atoms with Crippen molar-refractivity contribution in [3.05, 3.63) is 34.0 Å². The van der Waals surface area contributed by atoms with E-state index in [0.717, 1.165) is 10.4 Å². The Labute approximate surface area is 137 Å². The van der Waals surface area contributed by atoms with Gasteiger partial charge in [0.25, 0.3) is 5.91 Å². The van der Waals surface area contributed by atoms with Crippen molar-refractivity contribution in [1.29, 1.82) is 5.26 Å². The number of nitrogens with one attached hydrogen (secondary N) is 1. The number of rotatable bonds is 2. The number of aromatic nitrogens is 2. The molecule has 8 heteroatoms. The summed E-state index contributed by atoms with van der Waals surface area (Å²) in [6.45, 7) is 2.63. The number of carbonyl (C=O) groups is 2. The smallest absolute Gasteiger partial charge is 0.274 e. The number of anilines is 1. The van der Waals surface area contributed by atoms with Crippen LogP contribution in [0.4, 0.5) is 5.00 Å². The Balaban J connectivity index is 1.90. The lowest BCUT2D eigenvalue weighted by molar-refractivity contribution is -0.129. The fraction of sp³-hybridized carbons (Fsp3) is 0.333. The quantitative estimate of drug-likeness (QED) is 0.904. The molecule has 2 aromatic rings. The summed E-state index contributed by atoms with van der Waals surface area (Å²) in [5, 5.41) is 16.7. The van der Waals surface area contributed by atoms with Crippen LogP contribution in [0.3, 0.4) is 0 Å². The molecule has 0 saturated heterocycles. The summed E-state index contributed by atoms with van der Waals surface area (Å²) < 4.78 is 1.48. The first-order valence-electron chi connectivity index (χ1n) is 7.10. The van der Waals surface area contributed by atoms with Gasteiger partial charge < -0.3 is 10.2 Å². The van der Waals surface area contributed by atoms with Gasteiger partial charge in [0.2, 0.25) is 5.91 Å². The zero-order valence-electron chi connectivity index (χ0n) is 12.8. The van der Waals surface area contributed by atoms with Gasteiger partial charge in [0, 0.05) is 31.6 Å². The minimum absolute atomic E-state index is 0.0167. The van der Waals surface area contributed by atoms with Crippen molar-refractivity contribution in [3.63, 3.8) is 0 Å². The molecule has 7 nitrogen and oxygen atoms in total. The molecule has 0 aliphatic carbocycles. The first-order valence-corrected chi connectivity index (χ1v) is 7.92. The van der Waals surface area contributed by atoms with Gasteiger partial charge in [0.15, 0.2) is 0 Å². The molecule has 0 spiro atoms. The molecule has 1 N–H and O–H groups in total. The standard InChI is InChI=1S/C15H15N5O2S/c1-9(21)20-6-4-10-11(7-16)15(23-13(10)8-20)18-14(22)12-3-5-17-19(12)2/h3,5H,4,6,8H2,1-2H3,(H,18,22). The van der Waals surface area contributed by atoms with E-state index in [1.165, 1.54) is 22.9 Å². The summed E-state index contributed by atoms with van der Waals surface area (Å²) in [7, 11) is 1.68. The van der Waals surface area contributed by atoms with Gasteiger partial charge in [-0.05, 0) is 18.1 Å². The highest BCUT2D eigenvalue weighted by Crippen LogP contribution is 2.36. The number of fused-ring (bicyclic) bond motifs is 1. The van der Waals surface area contributed by atoms with Crippen LogP contribution in [0.2, 0.25) is 0 Å². The number of hydrogen-bond acceptors (Lipinski definition) is 5. The number of nitrogens with zero attached hydrogens (tertiary/aromatic N) is 4. The van der Waals surface area contributed by atoms with Crippen LogP contribution in [0.15, 0.2) is 12.3 Å². The summed E-state index contributed by atoms with van der Waals surface area (Å²) in [4.78, 5) is 26.5. The molecule has 2 amide bonds. The molecule has 0 bridgehead atoms. The Morgan fingerprint density at radius 2 is 2.26 bits per heavy atom. The lowest BCUT2D eigenvalue weighted by Gasteiger charge is -2.25. The minimum atomic E-state index is -0.302. The zero-order valence-corrected chi connectivity index (χ0v) is 13.6. The van der Waals surface area contributed by atoms with E-state index in [-0.39, 0.29) is 11.8 Å². The third-order valence-electron chi connectivity index (χ3n) is 3.89. The van der Waals surface area contributed by atoms with Crippen LogP contribution in [0.25, 0.3) is 0 Å². The lowest BCUT2D eigenvalue weighted by Crippen LogP contribution is -2.33. The molecule has 118 valence electrons. The Morgan fingerprint density at radius 3 is 2.87 bits per heavy atom. The van der Waals surface area contributed by atoms with Crippen molar-refractivity contribution in [1.82, 2.24) is 14.7 Å². The SMILES string of the molecule is CC(=O)N1CCc2c(sc(NC(=O)c3ccnn3C)c2C#N)C1. The average molecular weight is 329 g/mol. The van der Waals surface area contributed by atoms with Crippen molar-refractivity contribution in [2.45, 2.75) is 19.9 Å². The van der Waals surface area contributed by atoms with E-state index < -0.39 is 0 Å². The third kappa shape index (κ3) is 2.71. The van der Waals surface area contributed by atoms with Crippen molar-refractivity contribution in [3.8, 4) is 6.07 Å². The molecule has 3 rings (SSSR count). The van der Waals surface area contributed by atoms with E-state index in [1.54, 1.807) is 24.2 Å². The third-order valence-corrected chi connectivity index (χ3v) is 5.03. The second-order valence-corrected chi connectivity index (χ2v) is 6.41. The minimum Gasteiger partial charge on any atom is -0.337 e. The number of aryl methyl sites for hydroxylation is 1. The maximum atomic E-state index is 12.3. The molecule has 0 unspecified atom stereocenters. The van der Waals surface area contributed by atoms with Crippen LogP contribution in [0, 0.1) is 11.3 Å². The first-order chi connectivity index (χ1) is 11.0. The average Bonchev–Trinajstić information content (AvgIpc) is 3.09. The summed E-state index contributed by atoms with van der Waals surface area (Å²) in [6.07, 6.45) is 2.18. The number of hydrogen-bond donors (Lipinski definition) is 1. The summed E-state index contributed by atoms with van der Waals surface area (Å²) in [5.74, 6) is -0.286. The monoisotopic (exact) mass is 329 g/mol. The molecule has 0 radical (unpaired) electrons. The van der Waals surface area contributed by atoms with Crippen LogP contribution in [0.5, 0.6) is 0 Å². The van der Waals surface area contributed by atoms with Crippen LogP contribution in [-0.4, -0.2) is 33.0 Å². The topological polar surface area (TPSA) is 91.0 Å². The van der Waals surface area contributed by atoms with Crippen LogP contribution in [0.1, 0.15) is 33.4 Å². The fourth-order valence-corrected chi connectivity index (χ4v) is 3.85. The van der Waals surface area contributed by atoms with Gasteiger partial charge in [-0.25, -0.2) is 0 Å². The predicted octanol–water partition coefficient (Wildman–Crippen LogP) is 1.51. The van der Waals surface area contributed by atoms with Gasteiger partial charge in [0.05, 0.1) is 12.1 Å². The van der Waals surface area contributed by atoms with Gasteiger partial charge in [-0.1, -0.05) is 0 Å². The second kappa shape index (κ2) is 5.85. The van der Waals surface area contributed by atoms with Crippen molar-refractivity contribution >= 4 is 28.2 Å². The molecule has 0 atom stereocenters. The van der Waals surface area contributed by atoms with E-state index in [4.69, 9.17) is 0 Å². The van der Waals surface area contributed by atoms with Crippen LogP contribution in [-0.2, 0) is 24.8 Å². The Bertz CT molecular complexity index is 830. The zero-order chi connectivity index (χ0) is 16.6. The molecule has 0 fully saturated rings. The molecule has 1 aliphatic heterocycles.